The molecule has 0 unspecified atom stereocenters. The second kappa shape index (κ2) is 8.48. The SMILES string of the molecule is Cc1cccc(C(=O)Oc2ccc([C@H]3C4=C(CC(C)(C)CC4=O)N=C4c5ccccc5C(=O)[C@H]43)cc2)c1. The minimum Gasteiger partial charge on any atom is -0.423 e. The molecule has 0 saturated heterocycles. The van der Waals surface area contributed by atoms with Crippen molar-refractivity contribution in [3.05, 3.63) is 112 Å². The highest BCUT2D eigenvalue weighted by atomic mass is 16.5. The number of ketones is 2. The van der Waals surface area contributed by atoms with E-state index in [9.17, 15) is 14.4 Å². The van der Waals surface area contributed by atoms with Crippen molar-refractivity contribution in [3.63, 3.8) is 0 Å². The van der Waals surface area contributed by atoms with E-state index in [1.54, 1.807) is 24.3 Å². The highest BCUT2D eigenvalue weighted by molar-refractivity contribution is 6.30. The molecule has 0 bridgehead atoms. The first-order chi connectivity index (χ1) is 17.7. The molecule has 0 fully saturated rings. The minimum atomic E-state index is -0.540. The van der Waals surface area contributed by atoms with E-state index in [-0.39, 0.29) is 17.0 Å². The molecule has 1 aliphatic heterocycles. The van der Waals surface area contributed by atoms with Crippen molar-refractivity contribution in [2.45, 2.75) is 39.5 Å². The number of carbonyl (C=O) groups excluding carboxylic acids is 3. The van der Waals surface area contributed by atoms with Crippen molar-refractivity contribution in [3.8, 4) is 5.75 Å². The third kappa shape index (κ3) is 3.95. The summed E-state index contributed by atoms with van der Waals surface area (Å²) in [5.74, 6) is -0.934. The number of ether oxygens (including phenoxy) is 1. The lowest BCUT2D eigenvalue weighted by molar-refractivity contribution is -0.118. The Balaban J connectivity index is 1.39. The largest absolute Gasteiger partial charge is 0.423 e. The van der Waals surface area contributed by atoms with E-state index in [2.05, 4.69) is 13.8 Å². The van der Waals surface area contributed by atoms with Crippen LogP contribution in [0.15, 0.2) is 89.1 Å². The summed E-state index contributed by atoms with van der Waals surface area (Å²) < 4.78 is 5.60. The average molecular weight is 490 g/mol. The number of hydrogen-bond acceptors (Lipinski definition) is 5. The van der Waals surface area contributed by atoms with Crippen LogP contribution in [0.3, 0.4) is 0 Å². The number of esters is 1. The molecule has 6 rings (SSSR count). The zero-order valence-corrected chi connectivity index (χ0v) is 21.1. The fourth-order valence-corrected chi connectivity index (χ4v) is 5.93. The Labute approximate surface area is 215 Å². The normalized spacial score (nSPS) is 21.6. The van der Waals surface area contributed by atoms with Gasteiger partial charge in [-0.05, 0) is 48.6 Å². The fraction of sp³-hybridized carbons (Fsp3) is 0.250. The molecule has 37 heavy (non-hydrogen) atoms. The molecule has 3 aliphatic rings. The molecule has 0 aromatic heterocycles. The van der Waals surface area contributed by atoms with Crippen LogP contribution in [0.1, 0.15) is 70.0 Å². The number of aryl methyl sites for hydroxylation is 1. The Morgan fingerprint density at radius 1 is 0.892 bits per heavy atom. The van der Waals surface area contributed by atoms with Gasteiger partial charge in [0.25, 0.3) is 0 Å². The zero-order valence-electron chi connectivity index (χ0n) is 21.1. The third-order valence-electron chi connectivity index (χ3n) is 7.55. The molecule has 0 amide bonds. The van der Waals surface area contributed by atoms with E-state index in [0.717, 1.165) is 28.1 Å². The summed E-state index contributed by atoms with van der Waals surface area (Å²) in [4.78, 5) is 44.7. The van der Waals surface area contributed by atoms with Crippen LogP contribution >= 0.6 is 0 Å². The summed E-state index contributed by atoms with van der Waals surface area (Å²) in [6.07, 6.45) is 1.11. The van der Waals surface area contributed by atoms with Crippen molar-refractivity contribution in [2.75, 3.05) is 0 Å². The molecular formula is C32H27NO4. The second-order valence-electron chi connectivity index (χ2n) is 11.0. The van der Waals surface area contributed by atoms with Crippen molar-refractivity contribution in [1.82, 2.24) is 0 Å². The molecule has 0 spiro atoms. The molecule has 5 nitrogen and oxygen atoms in total. The number of fused-ring (bicyclic) bond motifs is 3. The van der Waals surface area contributed by atoms with Crippen LogP contribution in [0, 0.1) is 18.3 Å². The number of benzene rings is 3. The molecule has 1 heterocycles. The van der Waals surface area contributed by atoms with Crippen LogP contribution in [0.2, 0.25) is 0 Å². The second-order valence-corrected chi connectivity index (χ2v) is 11.0. The Kier molecular flexibility index (Phi) is 5.34. The van der Waals surface area contributed by atoms with Gasteiger partial charge < -0.3 is 4.74 Å². The van der Waals surface area contributed by atoms with E-state index in [4.69, 9.17) is 9.73 Å². The number of hydrogen-bond donors (Lipinski definition) is 0. The summed E-state index contributed by atoms with van der Waals surface area (Å²) in [6.45, 7) is 6.09. The first kappa shape index (κ1) is 23.3. The monoisotopic (exact) mass is 489 g/mol. The van der Waals surface area contributed by atoms with Gasteiger partial charge in [-0.15, -0.1) is 0 Å². The molecule has 3 aromatic carbocycles. The standard InChI is InChI=1S/C32H27NO4/c1-18-7-6-8-20(15-18)31(36)37-21-13-11-19(12-14-21)26-27-24(16-32(2,3)17-25(27)34)33-29-22-9-4-5-10-23(22)30(35)28(26)29/h4-15,26,28H,16-17H2,1-3H3/t26-,28-/m0/s1. The number of carbonyl (C=O) groups is 3. The predicted octanol–water partition coefficient (Wildman–Crippen LogP) is 6.26. The Morgan fingerprint density at radius 3 is 2.35 bits per heavy atom. The van der Waals surface area contributed by atoms with E-state index < -0.39 is 17.8 Å². The van der Waals surface area contributed by atoms with Gasteiger partial charge in [-0.3, -0.25) is 14.6 Å². The smallest absolute Gasteiger partial charge is 0.343 e. The number of nitrogens with zero attached hydrogens (tertiary/aromatic N) is 1. The van der Waals surface area contributed by atoms with Crippen molar-refractivity contribution >= 4 is 23.2 Å². The summed E-state index contributed by atoms with van der Waals surface area (Å²) >= 11 is 0. The molecule has 5 heteroatoms. The molecule has 3 aromatic rings. The van der Waals surface area contributed by atoms with Gasteiger partial charge in [0.2, 0.25) is 0 Å². The quantitative estimate of drug-likeness (QED) is 0.322. The van der Waals surface area contributed by atoms with Crippen LogP contribution in [0.5, 0.6) is 5.75 Å². The van der Waals surface area contributed by atoms with Gasteiger partial charge in [0.05, 0.1) is 17.2 Å². The Hall–Kier alpha value is -4.12. The van der Waals surface area contributed by atoms with Crippen molar-refractivity contribution < 1.29 is 19.1 Å². The van der Waals surface area contributed by atoms with Crippen LogP contribution in [0.25, 0.3) is 0 Å². The van der Waals surface area contributed by atoms with Crippen LogP contribution in [0.4, 0.5) is 0 Å². The summed E-state index contributed by atoms with van der Waals surface area (Å²) in [6, 6.07) is 22.0. The maximum atomic E-state index is 13.6. The van der Waals surface area contributed by atoms with E-state index in [1.807, 2.05) is 55.5 Å². The zero-order chi connectivity index (χ0) is 25.9. The van der Waals surface area contributed by atoms with Gasteiger partial charge in [0, 0.05) is 34.7 Å². The van der Waals surface area contributed by atoms with E-state index >= 15 is 0 Å². The number of aliphatic imine (C=N–C) groups is 1. The third-order valence-corrected chi connectivity index (χ3v) is 7.55. The highest BCUT2D eigenvalue weighted by Crippen LogP contribution is 2.51. The predicted molar refractivity (Wildman–Crippen MR) is 141 cm³/mol. The summed E-state index contributed by atoms with van der Waals surface area (Å²) in [5, 5.41) is 0. The van der Waals surface area contributed by atoms with Crippen molar-refractivity contribution in [1.29, 1.82) is 0 Å². The van der Waals surface area contributed by atoms with Gasteiger partial charge in [-0.1, -0.05) is 67.9 Å². The number of allylic oxidation sites excluding steroid dienone is 2. The maximum absolute atomic E-state index is 13.6. The van der Waals surface area contributed by atoms with Crippen LogP contribution < -0.4 is 4.74 Å². The lowest BCUT2D eigenvalue weighted by Crippen LogP contribution is -2.37. The minimum absolute atomic E-state index is 0.00140. The average Bonchev–Trinajstić information content (AvgIpc) is 3.14. The molecule has 2 atom stereocenters. The van der Waals surface area contributed by atoms with Crippen LogP contribution in [-0.2, 0) is 4.79 Å². The van der Waals surface area contributed by atoms with Gasteiger partial charge in [0.15, 0.2) is 11.6 Å². The Bertz CT molecular complexity index is 1540. The molecule has 0 saturated carbocycles. The van der Waals surface area contributed by atoms with E-state index in [1.165, 1.54) is 0 Å². The van der Waals surface area contributed by atoms with Gasteiger partial charge in [-0.2, -0.15) is 0 Å². The fourth-order valence-electron chi connectivity index (χ4n) is 5.93. The molecule has 184 valence electrons. The Morgan fingerprint density at radius 2 is 1.62 bits per heavy atom. The number of Topliss-reactive ketones (excluding diaryl/α,β-unsaturated/α-hetero) is 2. The molecule has 0 radical (unpaired) electrons. The summed E-state index contributed by atoms with van der Waals surface area (Å²) in [7, 11) is 0. The van der Waals surface area contributed by atoms with Gasteiger partial charge >= 0.3 is 5.97 Å². The lowest BCUT2D eigenvalue weighted by atomic mass is 9.66. The lowest BCUT2D eigenvalue weighted by Gasteiger charge is -2.38. The molecule has 2 aliphatic carbocycles. The maximum Gasteiger partial charge on any atom is 0.343 e. The number of rotatable bonds is 3. The summed E-state index contributed by atoms with van der Waals surface area (Å²) in [5.41, 5.74) is 5.82. The van der Waals surface area contributed by atoms with Gasteiger partial charge in [-0.25, -0.2) is 4.79 Å². The van der Waals surface area contributed by atoms with E-state index in [0.29, 0.717) is 35.3 Å². The van der Waals surface area contributed by atoms with Gasteiger partial charge in [0.1, 0.15) is 5.75 Å². The topological polar surface area (TPSA) is 72.8 Å². The first-order valence-electron chi connectivity index (χ1n) is 12.6. The van der Waals surface area contributed by atoms with Crippen LogP contribution in [-0.4, -0.2) is 23.2 Å². The molecular weight excluding hydrogens is 462 g/mol. The first-order valence-corrected chi connectivity index (χ1v) is 12.6. The molecule has 0 N–H and O–H groups in total. The van der Waals surface area contributed by atoms with Crippen molar-refractivity contribution in [2.24, 2.45) is 16.3 Å². The highest BCUT2D eigenvalue weighted by Gasteiger charge is 2.50.